The summed E-state index contributed by atoms with van der Waals surface area (Å²) < 4.78 is 5.94. The Kier molecular flexibility index (Phi) is 4.88. The number of nitrogens with zero attached hydrogens (tertiary/aromatic N) is 2. The normalized spacial score (nSPS) is 18.1. The third-order valence-corrected chi connectivity index (χ3v) is 5.40. The summed E-state index contributed by atoms with van der Waals surface area (Å²) in [6.45, 7) is 3.31. The molecule has 1 aromatic heterocycles. The summed E-state index contributed by atoms with van der Waals surface area (Å²) >= 11 is 1.56. The van der Waals surface area contributed by atoms with Gasteiger partial charge in [0.15, 0.2) is 11.5 Å². The van der Waals surface area contributed by atoms with E-state index in [4.69, 9.17) is 9.72 Å². The van der Waals surface area contributed by atoms with Crippen LogP contribution in [0.3, 0.4) is 0 Å². The van der Waals surface area contributed by atoms with Crippen molar-refractivity contribution >= 4 is 11.3 Å². The molecule has 1 unspecified atom stereocenters. The van der Waals surface area contributed by atoms with Crippen molar-refractivity contribution in [2.45, 2.75) is 12.6 Å². The molecule has 1 aliphatic rings. The van der Waals surface area contributed by atoms with Gasteiger partial charge in [-0.25, -0.2) is 4.98 Å². The van der Waals surface area contributed by atoms with Crippen molar-refractivity contribution in [1.29, 1.82) is 0 Å². The van der Waals surface area contributed by atoms with E-state index in [1.165, 1.54) is 17.7 Å². The highest BCUT2D eigenvalue weighted by atomic mass is 32.1. The number of phenolic OH excluding ortho intramolecular Hbond substituents is 2. The number of hydrogen-bond donors (Lipinski definition) is 2. The van der Waals surface area contributed by atoms with E-state index in [-0.39, 0.29) is 17.6 Å². The van der Waals surface area contributed by atoms with Crippen LogP contribution in [0, 0.1) is 0 Å². The van der Waals surface area contributed by atoms with Crippen molar-refractivity contribution in [3.05, 3.63) is 64.5 Å². The van der Waals surface area contributed by atoms with E-state index < -0.39 is 0 Å². The molecule has 1 saturated heterocycles. The lowest BCUT2D eigenvalue weighted by molar-refractivity contribution is -0.0329. The van der Waals surface area contributed by atoms with Gasteiger partial charge in [-0.2, -0.15) is 0 Å². The highest BCUT2D eigenvalue weighted by Crippen LogP contribution is 2.33. The van der Waals surface area contributed by atoms with Crippen LogP contribution < -0.4 is 0 Å². The lowest BCUT2D eigenvalue weighted by Crippen LogP contribution is -2.37. The van der Waals surface area contributed by atoms with Crippen LogP contribution in [0.15, 0.2) is 53.9 Å². The fourth-order valence-corrected chi connectivity index (χ4v) is 3.95. The molecule has 4 rings (SSSR count). The summed E-state index contributed by atoms with van der Waals surface area (Å²) in [5, 5.41) is 22.0. The molecule has 0 radical (unpaired) electrons. The predicted octanol–water partition coefficient (Wildman–Crippen LogP) is 3.79. The molecule has 0 spiro atoms. The maximum atomic E-state index is 9.69. The van der Waals surface area contributed by atoms with E-state index in [1.54, 1.807) is 17.4 Å². The molecule has 0 aliphatic carbocycles. The summed E-state index contributed by atoms with van der Waals surface area (Å²) in [7, 11) is 0. The van der Waals surface area contributed by atoms with Crippen LogP contribution in [0.4, 0.5) is 0 Å². The number of morpholine rings is 1. The SMILES string of the molecule is Oc1ccc(-c2csc(C3CN(Cc4ccccc4)CCO3)n2)cc1O. The number of ether oxygens (including phenoxy) is 1. The smallest absolute Gasteiger partial charge is 0.158 e. The molecule has 1 fully saturated rings. The number of aromatic nitrogens is 1. The number of phenols is 2. The molecule has 2 aromatic carbocycles. The Bertz CT molecular complexity index is 882. The zero-order valence-electron chi connectivity index (χ0n) is 14.2. The van der Waals surface area contributed by atoms with Crippen LogP contribution in [0.25, 0.3) is 11.3 Å². The van der Waals surface area contributed by atoms with Crippen molar-refractivity contribution < 1.29 is 14.9 Å². The Morgan fingerprint density at radius 1 is 1.12 bits per heavy atom. The van der Waals surface area contributed by atoms with Gasteiger partial charge in [-0.3, -0.25) is 4.90 Å². The second-order valence-electron chi connectivity index (χ2n) is 6.35. The molecular formula is C20H20N2O3S. The molecule has 1 aliphatic heterocycles. The first-order chi connectivity index (χ1) is 12.7. The maximum absolute atomic E-state index is 9.69. The molecule has 5 nitrogen and oxygen atoms in total. The highest BCUT2D eigenvalue weighted by Gasteiger charge is 2.24. The summed E-state index contributed by atoms with van der Waals surface area (Å²) in [5.74, 6) is -0.267. The third kappa shape index (κ3) is 3.72. The first-order valence-electron chi connectivity index (χ1n) is 8.55. The minimum Gasteiger partial charge on any atom is -0.504 e. The van der Waals surface area contributed by atoms with Crippen LogP contribution in [0.2, 0.25) is 0 Å². The van der Waals surface area contributed by atoms with Gasteiger partial charge in [0.2, 0.25) is 0 Å². The van der Waals surface area contributed by atoms with Crippen LogP contribution in [0.5, 0.6) is 11.5 Å². The second kappa shape index (κ2) is 7.45. The predicted molar refractivity (Wildman–Crippen MR) is 101 cm³/mol. The first kappa shape index (κ1) is 17.0. The van der Waals surface area contributed by atoms with Gasteiger partial charge in [0.25, 0.3) is 0 Å². The average molecular weight is 368 g/mol. The fourth-order valence-electron chi connectivity index (χ4n) is 3.09. The van der Waals surface area contributed by atoms with E-state index in [1.807, 2.05) is 11.4 Å². The number of thiazole rings is 1. The Balaban J connectivity index is 1.47. The third-order valence-electron chi connectivity index (χ3n) is 4.47. The van der Waals surface area contributed by atoms with Gasteiger partial charge >= 0.3 is 0 Å². The molecule has 2 heterocycles. The molecule has 134 valence electrons. The van der Waals surface area contributed by atoms with Crippen LogP contribution >= 0.6 is 11.3 Å². The molecule has 6 heteroatoms. The van der Waals surface area contributed by atoms with Crippen molar-refractivity contribution in [2.24, 2.45) is 0 Å². The summed E-state index contributed by atoms with van der Waals surface area (Å²) in [4.78, 5) is 7.08. The van der Waals surface area contributed by atoms with Gasteiger partial charge < -0.3 is 14.9 Å². The van der Waals surface area contributed by atoms with E-state index >= 15 is 0 Å². The van der Waals surface area contributed by atoms with E-state index in [0.717, 1.165) is 35.9 Å². The topological polar surface area (TPSA) is 65.8 Å². The van der Waals surface area contributed by atoms with Crippen molar-refractivity contribution in [3.8, 4) is 22.8 Å². The van der Waals surface area contributed by atoms with E-state index in [2.05, 4.69) is 29.2 Å². The van der Waals surface area contributed by atoms with Gasteiger partial charge in [-0.15, -0.1) is 11.3 Å². The van der Waals surface area contributed by atoms with Gasteiger partial charge in [0.1, 0.15) is 11.1 Å². The van der Waals surface area contributed by atoms with Gasteiger partial charge in [0.05, 0.1) is 12.3 Å². The summed E-state index contributed by atoms with van der Waals surface area (Å²) in [6.07, 6.45) is -0.0445. The molecule has 0 amide bonds. The van der Waals surface area contributed by atoms with Crippen LogP contribution in [0.1, 0.15) is 16.7 Å². The molecule has 26 heavy (non-hydrogen) atoms. The minimum absolute atomic E-state index is 0.0445. The molecule has 2 N–H and O–H groups in total. The Morgan fingerprint density at radius 2 is 1.96 bits per heavy atom. The number of aromatic hydroxyl groups is 2. The molecular weight excluding hydrogens is 348 g/mol. The van der Waals surface area contributed by atoms with Crippen LogP contribution in [-0.2, 0) is 11.3 Å². The number of hydrogen-bond acceptors (Lipinski definition) is 6. The molecule has 3 aromatic rings. The lowest BCUT2D eigenvalue weighted by Gasteiger charge is -2.32. The number of benzene rings is 2. The van der Waals surface area contributed by atoms with Crippen LogP contribution in [-0.4, -0.2) is 39.8 Å². The molecule has 1 atom stereocenters. The Morgan fingerprint density at radius 3 is 2.77 bits per heavy atom. The Labute approximate surface area is 156 Å². The van der Waals surface area contributed by atoms with Crippen molar-refractivity contribution in [2.75, 3.05) is 19.7 Å². The fraction of sp³-hybridized carbons (Fsp3) is 0.250. The maximum Gasteiger partial charge on any atom is 0.158 e. The second-order valence-corrected chi connectivity index (χ2v) is 7.24. The van der Waals surface area contributed by atoms with Gasteiger partial charge in [0, 0.05) is 30.6 Å². The highest BCUT2D eigenvalue weighted by molar-refractivity contribution is 7.10. The van der Waals surface area contributed by atoms with Crippen molar-refractivity contribution in [1.82, 2.24) is 9.88 Å². The monoisotopic (exact) mass is 368 g/mol. The Hall–Kier alpha value is -2.41. The van der Waals surface area contributed by atoms with Gasteiger partial charge in [-0.05, 0) is 23.8 Å². The summed E-state index contributed by atoms with van der Waals surface area (Å²) in [5.41, 5.74) is 2.86. The molecule has 0 bridgehead atoms. The largest absolute Gasteiger partial charge is 0.504 e. The zero-order valence-corrected chi connectivity index (χ0v) is 15.0. The minimum atomic E-state index is -0.139. The standard InChI is InChI=1S/C20H20N2O3S/c23-17-7-6-15(10-18(17)24)16-13-26-20(21-16)19-12-22(8-9-25-19)11-14-4-2-1-3-5-14/h1-7,10,13,19,23-24H,8-9,11-12H2. The zero-order chi connectivity index (χ0) is 17.9. The van der Waals surface area contributed by atoms with E-state index in [9.17, 15) is 10.2 Å². The van der Waals surface area contributed by atoms with Crippen molar-refractivity contribution in [3.63, 3.8) is 0 Å². The van der Waals surface area contributed by atoms with E-state index in [0.29, 0.717) is 6.61 Å². The van der Waals surface area contributed by atoms with Gasteiger partial charge in [-0.1, -0.05) is 30.3 Å². The number of rotatable bonds is 4. The molecule has 0 saturated carbocycles. The summed E-state index contributed by atoms with van der Waals surface area (Å²) in [6, 6.07) is 15.2. The quantitative estimate of drug-likeness (QED) is 0.686. The first-order valence-corrected chi connectivity index (χ1v) is 9.42. The lowest BCUT2D eigenvalue weighted by atomic mass is 10.1. The average Bonchev–Trinajstić information content (AvgIpc) is 3.15.